The van der Waals surface area contributed by atoms with Gasteiger partial charge in [-0.05, 0) is 55.0 Å². The summed E-state index contributed by atoms with van der Waals surface area (Å²) in [6.45, 7) is 1.33. The second kappa shape index (κ2) is 8.62. The van der Waals surface area contributed by atoms with Crippen LogP contribution in [0.5, 0.6) is 0 Å². The van der Waals surface area contributed by atoms with E-state index in [4.69, 9.17) is 0 Å². The summed E-state index contributed by atoms with van der Waals surface area (Å²) in [4.78, 5) is 14.5. The Labute approximate surface area is 189 Å². The molecule has 1 aliphatic carbocycles. The maximum Gasteiger partial charge on any atom is 0.433 e. The summed E-state index contributed by atoms with van der Waals surface area (Å²) >= 11 is 0. The van der Waals surface area contributed by atoms with Crippen LogP contribution in [0.2, 0.25) is 0 Å². The number of alkyl halides is 3. The number of benzene rings is 1. The second-order valence-corrected chi connectivity index (χ2v) is 8.51. The second-order valence-electron chi connectivity index (χ2n) is 8.51. The molecule has 1 fully saturated rings. The Morgan fingerprint density at radius 2 is 1.88 bits per heavy atom. The minimum absolute atomic E-state index is 0.298. The molecule has 3 aromatic rings. The number of aliphatic hydroxyl groups excluding tert-OH is 1. The summed E-state index contributed by atoms with van der Waals surface area (Å²) in [6, 6.07) is 10.1. The number of nitrogens with zero attached hydrogens (tertiary/aromatic N) is 4. The third-order valence-corrected chi connectivity index (χ3v) is 6.24. The quantitative estimate of drug-likeness (QED) is 0.592. The highest BCUT2D eigenvalue weighted by atomic mass is 19.4. The maximum atomic E-state index is 13.3. The predicted molar refractivity (Wildman–Crippen MR) is 119 cm³/mol. The summed E-state index contributed by atoms with van der Waals surface area (Å²) < 4.78 is 40.0. The number of aliphatic hydroxyl groups is 1. The smallest absolute Gasteiger partial charge is 0.393 e. The Hall–Kier alpha value is -3.20. The number of hydrogen-bond acceptors (Lipinski definition) is 6. The van der Waals surface area contributed by atoms with Crippen molar-refractivity contribution in [3.8, 4) is 11.3 Å². The Morgan fingerprint density at radius 3 is 2.67 bits per heavy atom. The number of rotatable bonds is 4. The van der Waals surface area contributed by atoms with Gasteiger partial charge in [-0.1, -0.05) is 12.1 Å². The highest BCUT2D eigenvalue weighted by molar-refractivity contribution is 5.76. The van der Waals surface area contributed by atoms with Gasteiger partial charge in [0.25, 0.3) is 0 Å². The van der Waals surface area contributed by atoms with Crippen molar-refractivity contribution in [3.63, 3.8) is 0 Å². The molecule has 1 aromatic carbocycles. The van der Waals surface area contributed by atoms with Crippen LogP contribution in [-0.4, -0.2) is 39.3 Å². The van der Waals surface area contributed by atoms with E-state index in [-0.39, 0.29) is 6.10 Å². The molecule has 1 saturated heterocycles. The van der Waals surface area contributed by atoms with Crippen LogP contribution in [0.4, 0.5) is 30.5 Å². The van der Waals surface area contributed by atoms with Crippen LogP contribution in [0.3, 0.4) is 0 Å². The van der Waals surface area contributed by atoms with Crippen molar-refractivity contribution < 1.29 is 18.3 Å². The maximum absolute atomic E-state index is 13.3. The van der Waals surface area contributed by atoms with Crippen LogP contribution in [0.15, 0.2) is 42.7 Å². The average Bonchev–Trinajstić information content (AvgIpc) is 3.34. The molecule has 172 valence electrons. The highest BCUT2D eigenvalue weighted by Gasteiger charge is 2.34. The molecule has 2 N–H and O–H groups in total. The zero-order valence-electron chi connectivity index (χ0n) is 17.9. The van der Waals surface area contributed by atoms with E-state index in [9.17, 15) is 18.3 Å². The van der Waals surface area contributed by atoms with Gasteiger partial charge in [-0.25, -0.2) is 15.0 Å². The molecule has 1 atom stereocenters. The summed E-state index contributed by atoms with van der Waals surface area (Å²) in [5.41, 5.74) is 3.26. The van der Waals surface area contributed by atoms with Gasteiger partial charge in [0.2, 0.25) is 0 Å². The van der Waals surface area contributed by atoms with E-state index in [1.165, 1.54) is 18.0 Å². The van der Waals surface area contributed by atoms with Crippen LogP contribution in [0.1, 0.15) is 36.1 Å². The SMILES string of the molecule is OC1CCc2cccc(Nc3cc(-c4ccc(C(F)(F)F)nc4N4CCCC4)ncn3)c2C1. The lowest BCUT2D eigenvalue weighted by molar-refractivity contribution is -0.141. The van der Waals surface area contributed by atoms with Crippen LogP contribution < -0.4 is 10.2 Å². The molecule has 1 aliphatic heterocycles. The van der Waals surface area contributed by atoms with Gasteiger partial charge < -0.3 is 15.3 Å². The fourth-order valence-electron chi connectivity index (χ4n) is 4.57. The topological polar surface area (TPSA) is 74.2 Å². The number of hydrogen-bond donors (Lipinski definition) is 2. The minimum atomic E-state index is -4.51. The average molecular weight is 455 g/mol. The van der Waals surface area contributed by atoms with Gasteiger partial charge in [0, 0.05) is 36.8 Å². The molecule has 0 radical (unpaired) electrons. The molecule has 2 aliphatic rings. The summed E-state index contributed by atoms with van der Waals surface area (Å²) in [6.07, 6.45) is 0.472. The first-order valence-corrected chi connectivity index (χ1v) is 11.1. The molecule has 1 unspecified atom stereocenters. The Morgan fingerprint density at radius 1 is 1.06 bits per heavy atom. The molecule has 0 saturated carbocycles. The molecule has 2 aromatic heterocycles. The zero-order chi connectivity index (χ0) is 23.0. The van der Waals surface area contributed by atoms with Crippen molar-refractivity contribution in [3.05, 3.63) is 59.5 Å². The first-order valence-electron chi connectivity index (χ1n) is 11.1. The van der Waals surface area contributed by atoms with Crippen molar-refractivity contribution in [1.82, 2.24) is 15.0 Å². The van der Waals surface area contributed by atoms with Gasteiger partial charge in [-0.15, -0.1) is 0 Å². The van der Waals surface area contributed by atoms with E-state index in [0.717, 1.165) is 43.0 Å². The number of halogens is 3. The van der Waals surface area contributed by atoms with E-state index in [0.29, 0.717) is 42.4 Å². The molecule has 5 rings (SSSR count). The molecule has 0 spiro atoms. The van der Waals surface area contributed by atoms with Crippen LogP contribution in [0, 0.1) is 0 Å². The van der Waals surface area contributed by atoms with Crippen molar-refractivity contribution in [2.45, 2.75) is 44.4 Å². The van der Waals surface area contributed by atoms with Gasteiger partial charge in [-0.2, -0.15) is 13.2 Å². The van der Waals surface area contributed by atoms with Gasteiger partial charge in [-0.3, -0.25) is 0 Å². The third kappa shape index (κ3) is 4.50. The molecule has 33 heavy (non-hydrogen) atoms. The van der Waals surface area contributed by atoms with E-state index in [1.807, 2.05) is 17.0 Å². The van der Waals surface area contributed by atoms with E-state index >= 15 is 0 Å². The molecule has 0 amide bonds. The normalized spacial score (nSPS) is 18.3. The first kappa shape index (κ1) is 21.6. The third-order valence-electron chi connectivity index (χ3n) is 6.24. The number of nitrogens with one attached hydrogen (secondary N) is 1. The molecule has 3 heterocycles. The first-order chi connectivity index (χ1) is 15.9. The van der Waals surface area contributed by atoms with Crippen LogP contribution >= 0.6 is 0 Å². The lowest BCUT2D eigenvalue weighted by Crippen LogP contribution is -2.22. The van der Waals surface area contributed by atoms with Gasteiger partial charge in [0.1, 0.15) is 23.7 Å². The predicted octanol–water partition coefficient (Wildman–Crippen LogP) is 4.75. The minimum Gasteiger partial charge on any atom is -0.393 e. The van der Waals surface area contributed by atoms with E-state index in [1.54, 1.807) is 6.07 Å². The number of aromatic nitrogens is 3. The number of pyridine rings is 1. The summed E-state index contributed by atoms with van der Waals surface area (Å²) in [5, 5.41) is 13.4. The van der Waals surface area contributed by atoms with Crippen molar-refractivity contribution in [1.29, 1.82) is 0 Å². The van der Waals surface area contributed by atoms with Gasteiger partial charge in [0.05, 0.1) is 11.8 Å². The number of fused-ring (bicyclic) bond motifs is 1. The molecule has 9 heteroatoms. The van der Waals surface area contributed by atoms with Crippen molar-refractivity contribution >= 4 is 17.3 Å². The Kier molecular flexibility index (Phi) is 5.65. The fourth-order valence-corrected chi connectivity index (χ4v) is 4.57. The van der Waals surface area contributed by atoms with Crippen LogP contribution in [0.25, 0.3) is 11.3 Å². The molecular formula is C24H24F3N5O. The summed E-state index contributed by atoms with van der Waals surface area (Å²) in [5.74, 6) is 0.827. The summed E-state index contributed by atoms with van der Waals surface area (Å²) in [7, 11) is 0. The number of aryl methyl sites for hydroxylation is 1. The zero-order valence-corrected chi connectivity index (χ0v) is 17.9. The van der Waals surface area contributed by atoms with Crippen molar-refractivity contribution in [2.75, 3.05) is 23.3 Å². The van der Waals surface area contributed by atoms with Gasteiger partial charge >= 0.3 is 6.18 Å². The van der Waals surface area contributed by atoms with E-state index < -0.39 is 11.9 Å². The van der Waals surface area contributed by atoms with Gasteiger partial charge in [0.15, 0.2) is 0 Å². The Bertz CT molecular complexity index is 1160. The van der Waals surface area contributed by atoms with Crippen molar-refractivity contribution in [2.24, 2.45) is 0 Å². The lowest BCUT2D eigenvalue weighted by atomic mass is 9.88. The standard InChI is InChI=1S/C24H24F3N5O/c25-24(26,27)21-9-8-17(23(31-21)32-10-1-2-11-32)20-13-22(29-14-28-20)30-19-5-3-4-15-6-7-16(33)12-18(15)19/h3-5,8-9,13-14,16,33H,1-2,6-7,10-12H2,(H,28,29,30). The fraction of sp³-hybridized carbons (Fsp3) is 0.375. The van der Waals surface area contributed by atoms with E-state index in [2.05, 4.69) is 26.3 Å². The molecular weight excluding hydrogens is 431 g/mol. The van der Waals surface area contributed by atoms with Crippen LogP contribution in [-0.2, 0) is 19.0 Å². The molecule has 0 bridgehead atoms. The number of anilines is 3. The highest BCUT2D eigenvalue weighted by Crippen LogP contribution is 2.36. The largest absolute Gasteiger partial charge is 0.433 e. The monoisotopic (exact) mass is 455 g/mol. The lowest BCUT2D eigenvalue weighted by Gasteiger charge is -2.24. The Balaban J connectivity index is 1.50. The molecule has 6 nitrogen and oxygen atoms in total.